The summed E-state index contributed by atoms with van der Waals surface area (Å²) in [5.41, 5.74) is 0. The smallest absolute Gasteiger partial charge is 0.361 e. The summed E-state index contributed by atoms with van der Waals surface area (Å²) in [7, 11) is 5.96. The highest BCUT2D eigenvalue weighted by atomic mass is 16.7. The number of rotatable bonds is 71. The second kappa shape index (κ2) is 79.3. The number of aliphatic carboxylic acids is 1. The summed E-state index contributed by atoms with van der Waals surface area (Å²) in [4.78, 5) is 37.7. The molecule has 0 saturated heterocycles. The van der Waals surface area contributed by atoms with Crippen molar-refractivity contribution in [3.63, 3.8) is 0 Å². The lowest BCUT2D eigenvalue weighted by molar-refractivity contribution is -0.870. The Morgan fingerprint density at radius 2 is 0.535 bits per heavy atom. The van der Waals surface area contributed by atoms with Gasteiger partial charge in [0.05, 0.1) is 34.4 Å². The minimum absolute atomic E-state index is 0.172. The van der Waals surface area contributed by atoms with E-state index >= 15 is 0 Å². The van der Waals surface area contributed by atoms with E-state index < -0.39 is 24.3 Å². The molecule has 0 aliphatic rings. The van der Waals surface area contributed by atoms with E-state index in [-0.39, 0.29) is 38.6 Å². The molecule has 0 bridgehead atoms. The third-order valence-electron chi connectivity index (χ3n) is 16.2. The molecule has 9 heteroatoms. The molecular weight excluding hydrogens is 1250 g/mol. The fourth-order valence-corrected chi connectivity index (χ4v) is 10.2. The van der Waals surface area contributed by atoms with Gasteiger partial charge in [-0.1, -0.05) is 335 Å². The molecule has 1 N–H and O–H groups in total. The largest absolute Gasteiger partial charge is 0.477 e. The number of allylic oxidation sites excluding steroid dienone is 36. The second-order valence-electron chi connectivity index (χ2n) is 26.9. The maximum absolute atomic E-state index is 13.0. The molecule has 0 radical (unpaired) electrons. The Hall–Kier alpha value is -6.39. The Morgan fingerprint density at radius 1 is 0.297 bits per heavy atom. The SMILES string of the molecule is CC/C=C\C/C=C\C/C=C\C/C=C\C/C=C\C/C=C\C/C=C\C/C=C\C/C=C\C/C=C\CCCCCCC(=O)OC(COC(=O)CCCCCCCCCCCCCCCCCC/C=C\C/C=C\C/C=C\C/C=C\C/C=C\C/C=C\C/C=C\C/C=C\CC)COC(OCC[N+](C)(C)C)C(=O)O. The average Bonchev–Trinajstić information content (AvgIpc) is 1.25. The molecule has 0 rings (SSSR count). The summed E-state index contributed by atoms with van der Waals surface area (Å²) in [6.45, 7) is 4.60. The number of hydrogen-bond donors (Lipinski definition) is 1. The first-order chi connectivity index (χ1) is 49.6. The van der Waals surface area contributed by atoms with Crippen LogP contribution in [0, 0.1) is 0 Å². The highest BCUT2D eigenvalue weighted by Gasteiger charge is 2.25. The maximum atomic E-state index is 13.0. The van der Waals surface area contributed by atoms with Crippen molar-refractivity contribution in [2.75, 3.05) is 47.5 Å². The van der Waals surface area contributed by atoms with Gasteiger partial charge in [-0.2, -0.15) is 0 Å². The van der Waals surface area contributed by atoms with E-state index in [4.69, 9.17) is 18.9 Å². The summed E-state index contributed by atoms with van der Waals surface area (Å²) < 4.78 is 23.0. The van der Waals surface area contributed by atoms with Gasteiger partial charge < -0.3 is 28.5 Å². The fourth-order valence-electron chi connectivity index (χ4n) is 10.2. The van der Waals surface area contributed by atoms with Crippen molar-refractivity contribution >= 4 is 17.9 Å². The molecule has 0 amide bonds. The standard InChI is InChI=1S/C92H145NO8/c1-6-8-10-12-14-16-18-20-22-24-26-28-30-32-34-36-38-40-42-43-44-45-46-47-49-50-52-54-56-58-60-62-64-66-68-70-72-74-76-78-80-82-89(94)99-86-88(87-100-92(91(96)97)98-85-84-93(3,4)5)101-90(95)83-81-79-77-75-73-71-69-67-65-63-61-59-57-55-53-51-48-41-39-37-35-33-31-29-27-25-23-21-19-17-15-13-11-9-7-2/h8-11,14-17,20-23,26-29,32-35,38-41,43-44,46-47,51,53,57,59,63,65,69,71,88,92H,6-7,12-13,18-19,24-25,30-31,36-37,42,45,48-50,52,54-56,58,60-62,64,66-68,70,72-87H2,1-5H3/p+1/b10-8-,11-9-,16-14-,17-15-,22-20-,23-21-,28-26-,29-27-,34-32-,35-33-,40-38-,41-39-,44-43-,47-46-,53-51-,59-57-,65-63-,71-69-. The van der Waals surface area contributed by atoms with E-state index in [0.29, 0.717) is 17.4 Å². The van der Waals surface area contributed by atoms with Crippen molar-refractivity contribution in [1.29, 1.82) is 0 Å². The van der Waals surface area contributed by atoms with Crippen LogP contribution in [0.3, 0.4) is 0 Å². The molecule has 0 fully saturated rings. The second-order valence-corrected chi connectivity index (χ2v) is 26.9. The lowest BCUT2D eigenvalue weighted by atomic mass is 10.0. The van der Waals surface area contributed by atoms with Crippen LogP contribution in [0.4, 0.5) is 0 Å². The lowest BCUT2D eigenvalue weighted by Gasteiger charge is -2.25. The minimum atomic E-state index is -1.53. The Balaban J connectivity index is 4.15. The molecule has 566 valence electrons. The van der Waals surface area contributed by atoms with E-state index in [1.165, 1.54) is 89.9 Å². The zero-order chi connectivity index (χ0) is 73.2. The Bertz CT molecular complexity index is 2470. The number of carboxylic acids is 1. The Morgan fingerprint density at radius 3 is 0.792 bits per heavy atom. The molecule has 101 heavy (non-hydrogen) atoms. The van der Waals surface area contributed by atoms with E-state index in [2.05, 4.69) is 233 Å². The predicted molar refractivity (Wildman–Crippen MR) is 437 cm³/mol. The number of nitrogens with zero attached hydrogens (tertiary/aromatic N) is 1. The summed E-state index contributed by atoms with van der Waals surface area (Å²) in [6.07, 6.45) is 122. The van der Waals surface area contributed by atoms with Crippen LogP contribution < -0.4 is 0 Å². The van der Waals surface area contributed by atoms with Crippen molar-refractivity contribution < 1.29 is 42.9 Å². The van der Waals surface area contributed by atoms with Gasteiger partial charge in [-0.05, 0) is 154 Å². The van der Waals surface area contributed by atoms with Crippen molar-refractivity contribution in [3.8, 4) is 0 Å². The van der Waals surface area contributed by atoms with Crippen LogP contribution in [0.25, 0.3) is 0 Å². The zero-order valence-electron chi connectivity index (χ0n) is 64.7. The molecule has 0 aromatic heterocycles. The minimum Gasteiger partial charge on any atom is -0.477 e. The molecule has 0 saturated carbocycles. The average molecular weight is 1390 g/mol. The first kappa shape index (κ1) is 94.6. The Labute approximate surface area is 619 Å². The van der Waals surface area contributed by atoms with Gasteiger partial charge in [-0.25, -0.2) is 4.79 Å². The first-order valence-electron chi connectivity index (χ1n) is 39.9. The third-order valence-corrected chi connectivity index (χ3v) is 16.2. The molecule has 2 atom stereocenters. The monoisotopic (exact) mass is 1390 g/mol. The lowest BCUT2D eigenvalue weighted by Crippen LogP contribution is -2.40. The van der Waals surface area contributed by atoms with Gasteiger partial charge in [0.2, 0.25) is 0 Å². The van der Waals surface area contributed by atoms with Gasteiger partial charge in [0, 0.05) is 12.8 Å². The molecule has 9 nitrogen and oxygen atoms in total. The van der Waals surface area contributed by atoms with Crippen LogP contribution in [0.15, 0.2) is 219 Å². The molecule has 2 unspecified atom stereocenters. The van der Waals surface area contributed by atoms with Crippen molar-refractivity contribution in [3.05, 3.63) is 219 Å². The van der Waals surface area contributed by atoms with E-state index in [0.717, 1.165) is 161 Å². The summed E-state index contributed by atoms with van der Waals surface area (Å²) >= 11 is 0. The first-order valence-corrected chi connectivity index (χ1v) is 39.9. The molecule has 0 aliphatic heterocycles. The predicted octanol–water partition coefficient (Wildman–Crippen LogP) is 26.0. The molecule has 0 spiro atoms. The van der Waals surface area contributed by atoms with Crippen molar-refractivity contribution in [2.24, 2.45) is 0 Å². The zero-order valence-corrected chi connectivity index (χ0v) is 64.7. The molecule has 0 aliphatic carbocycles. The van der Waals surface area contributed by atoms with Gasteiger partial charge in [0.1, 0.15) is 13.2 Å². The third kappa shape index (κ3) is 80.8. The van der Waals surface area contributed by atoms with Gasteiger partial charge in [0.15, 0.2) is 6.10 Å². The van der Waals surface area contributed by atoms with Gasteiger partial charge in [-0.15, -0.1) is 0 Å². The van der Waals surface area contributed by atoms with Crippen molar-refractivity contribution in [1.82, 2.24) is 0 Å². The van der Waals surface area contributed by atoms with Gasteiger partial charge in [-0.3, -0.25) is 9.59 Å². The molecule has 0 aromatic rings. The molecule has 0 heterocycles. The van der Waals surface area contributed by atoms with Gasteiger partial charge in [0.25, 0.3) is 6.29 Å². The van der Waals surface area contributed by atoms with Crippen LogP contribution in [0.2, 0.25) is 0 Å². The van der Waals surface area contributed by atoms with E-state index in [1.54, 1.807) is 0 Å². The number of carbonyl (C=O) groups is 3. The van der Waals surface area contributed by atoms with Crippen LogP contribution >= 0.6 is 0 Å². The van der Waals surface area contributed by atoms with E-state index in [1.807, 2.05) is 21.1 Å². The topological polar surface area (TPSA) is 108 Å². The number of unbranched alkanes of at least 4 members (excludes halogenated alkanes) is 20. The van der Waals surface area contributed by atoms with E-state index in [9.17, 15) is 19.5 Å². The summed E-state index contributed by atoms with van der Waals surface area (Å²) in [5.74, 6) is -2.06. The van der Waals surface area contributed by atoms with Gasteiger partial charge >= 0.3 is 17.9 Å². The fraction of sp³-hybridized carbons (Fsp3) is 0.576. The van der Waals surface area contributed by atoms with Crippen LogP contribution in [-0.4, -0.2) is 87.4 Å². The summed E-state index contributed by atoms with van der Waals surface area (Å²) in [5, 5.41) is 9.77. The number of likely N-dealkylation sites (N-methyl/N-ethyl adjacent to an activating group) is 1. The van der Waals surface area contributed by atoms with Crippen LogP contribution in [0.5, 0.6) is 0 Å². The number of esters is 2. The highest BCUT2D eigenvalue weighted by molar-refractivity contribution is 5.71. The van der Waals surface area contributed by atoms with Crippen LogP contribution in [0.1, 0.15) is 284 Å². The van der Waals surface area contributed by atoms with Crippen LogP contribution in [-0.2, 0) is 33.3 Å². The molecule has 0 aromatic carbocycles. The summed E-state index contributed by atoms with van der Waals surface area (Å²) in [6, 6.07) is 0. The number of carboxylic acid groups (broad SMARTS) is 1. The Kier molecular flexibility index (Phi) is 74.3. The molecular formula is C92H146NO8+. The number of ether oxygens (including phenoxy) is 4. The number of hydrogen-bond acceptors (Lipinski definition) is 7. The highest BCUT2D eigenvalue weighted by Crippen LogP contribution is 2.16. The normalized spacial score (nSPS) is 13.9. The maximum Gasteiger partial charge on any atom is 0.361 e. The quantitative estimate of drug-likeness (QED) is 0.0211. The number of carbonyl (C=O) groups excluding carboxylic acids is 2. The van der Waals surface area contributed by atoms with Crippen molar-refractivity contribution in [2.45, 2.75) is 296 Å². The number of quaternary nitrogens is 1.